The van der Waals surface area contributed by atoms with Gasteiger partial charge in [0, 0.05) is 0 Å². The Balaban J connectivity index is 0.000000175. The standard InChI is InChI=1S/C21H25.C13H8Cl2.C5H5.2ClH.Hf/c1-20(2,3)16-7-9-18-14(12-16)11-15-13-17(21(4,5)6)8-10-19(15)18;14-12-5-1-3-10(8-12)7-11-4-2-6-13(15)9-11;1-2-4-5-3-1;;;/h7-13H,1-6H3;1-6,8-9H;1-5H;2*1H;/q-1;;-1;;;+2/p-2. The van der Waals surface area contributed by atoms with Gasteiger partial charge in [-0.15, -0.1) is 39.7 Å². The van der Waals surface area contributed by atoms with Gasteiger partial charge in [0.15, 0.2) is 0 Å². The van der Waals surface area contributed by atoms with E-state index in [1.54, 1.807) is 0 Å². The summed E-state index contributed by atoms with van der Waals surface area (Å²) < 4.78 is 1.01. The maximum absolute atomic E-state index is 6.27. The fraction of sp³-hybridized carbons (Fsp3) is 0.205. The third-order valence-electron chi connectivity index (χ3n) is 7.41. The fourth-order valence-corrected chi connectivity index (χ4v) is 11.6. The molecule has 0 aliphatic rings. The molecule has 0 aliphatic heterocycles. The second-order valence-corrected chi connectivity index (χ2v) is 25.2. The van der Waals surface area contributed by atoms with Crippen molar-refractivity contribution in [3.05, 3.63) is 154 Å². The molecule has 6 aromatic carbocycles. The molecule has 0 spiro atoms. The van der Waals surface area contributed by atoms with Crippen molar-refractivity contribution < 1.29 is 18.6 Å². The SMILES string of the molecule is CC(C)(C)c1ccc2c(c1)[cH-]c1cc(C(C)(C)C)ccc12.Clc1cccc([C](c2cccc(Cl)c2)=[Hf]([Cl])[Cl])c1.c1cc[cH-]c1. The van der Waals surface area contributed by atoms with Gasteiger partial charge in [0.2, 0.25) is 0 Å². The average Bonchev–Trinajstić information content (AvgIpc) is 3.64. The van der Waals surface area contributed by atoms with Crippen LogP contribution in [0.1, 0.15) is 63.8 Å². The smallest absolute Gasteiger partial charge is 0.172 e. The fourth-order valence-electron chi connectivity index (χ4n) is 4.95. The van der Waals surface area contributed by atoms with Crippen molar-refractivity contribution in [3.63, 3.8) is 0 Å². The molecule has 6 aromatic rings. The number of fused-ring (bicyclic) bond motifs is 3. The Morgan fingerprint density at radius 3 is 1.32 bits per heavy atom. The third kappa shape index (κ3) is 9.27. The Morgan fingerprint density at radius 1 is 0.568 bits per heavy atom. The first-order valence-electron chi connectivity index (χ1n) is 14.6. The maximum atomic E-state index is 6.27. The predicted octanol–water partition coefficient (Wildman–Crippen LogP) is 13.2. The molecule has 0 radical (unpaired) electrons. The van der Waals surface area contributed by atoms with Gasteiger partial charge in [-0.1, -0.05) is 76.9 Å². The summed E-state index contributed by atoms with van der Waals surface area (Å²) in [6, 6.07) is 41.3. The molecule has 228 valence electrons. The molecule has 0 bridgehead atoms. The Kier molecular flexibility index (Phi) is 11.9. The van der Waals surface area contributed by atoms with Gasteiger partial charge in [0.05, 0.1) is 0 Å². The van der Waals surface area contributed by atoms with Crippen LogP contribution in [0.15, 0.2) is 121 Å². The molecule has 5 heteroatoms. The zero-order chi connectivity index (χ0) is 32.1. The van der Waals surface area contributed by atoms with E-state index in [0.29, 0.717) is 10.0 Å². The summed E-state index contributed by atoms with van der Waals surface area (Å²) in [5.74, 6) is 0. The monoisotopic (exact) mass is 826 g/mol. The predicted molar refractivity (Wildman–Crippen MR) is 194 cm³/mol. The van der Waals surface area contributed by atoms with E-state index in [2.05, 4.69) is 84.0 Å². The molecule has 0 aromatic heterocycles. The molecule has 6 rings (SSSR count). The number of hydrogen-bond acceptors (Lipinski definition) is 0. The van der Waals surface area contributed by atoms with Crippen molar-refractivity contribution in [1.29, 1.82) is 0 Å². The number of hydrogen-bond donors (Lipinski definition) is 0. The van der Waals surface area contributed by atoms with Crippen LogP contribution in [0.5, 0.6) is 0 Å². The maximum Gasteiger partial charge on any atom is -0.172 e. The zero-order valence-corrected chi connectivity index (χ0v) is 32.7. The first kappa shape index (κ1) is 34.9. The summed E-state index contributed by atoms with van der Waals surface area (Å²) >= 11 is 9.25. The molecule has 0 heterocycles. The van der Waals surface area contributed by atoms with Crippen LogP contribution in [0.25, 0.3) is 21.5 Å². The molecular weight excluding hydrogens is 789 g/mol. The first-order chi connectivity index (χ1) is 20.7. The van der Waals surface area contributed by atoms with Crippen molar-refractivity contribution >= 4 is 65.2 Å². The summed E-state index contributed by atoms with van der Waals surface area (Å²) in [7, 11) is 12.5. The Labute approximate surface area is 287 Å². The van der Waals surface area contributed by atoms with Gasteiger partial charge in [-0.05, 0) is 10.8 Å². The summed E-state index contributed by atoms with van der Waals surface area (Å²) in [5, 5.41) is 6.82. The third-order valence-corrected chi connectivity index (χ3v) is 14.4. The van der Waals surface area contributed by atoms with E-state index in [-0.39, 0.29) is 10.8 Å². The molecular formula is C39H38Cl4Hf-2. The first-order valence-corrected chi connectivity index (χ1v) is 26.1. The van der Waals surface area contributed by atoms with Crippen molar-refractivity contribution in [2.24, 2.45) is 0 Å². The second kappa shape index (κ2) is 15.1. The normalized spacial score (nSPS) is 11.4. The quantitative estimate of drug-likeness (QED) is 0.121. The van der Waals surface area contributed by atoms with Crippen molar-refractivity contribution in [3.8, 4) is 0 Å². The van der Waals surface area contributed by atoms with E-state index in [1.807, 2.05) is 78.9 Å². The zero-order valence-electron chi connectivity index (χ0n) is 26.1. The summed E-state index contributed by atoms with van der Waals surface area (Å²) in [6.45, 7) is 13.6. The van der Waals surface area contributed by atoms with Crippen LogP contribution < -0.4 is 0 Å². The van der Waals surface area contributed by atoms with Crippen LogP contribution in [-0.4, -0.2) is 3.26 Å². The molecule has 0 saturated carbocycles. The minimum atomic E-state index is -2.77. The molecule has 44 heavy (non-hydrogen) atoms. The van der Waals surface area contributed by atoms with Crippen molar-refractivity contribution in [2.75, 3.05) is 0 Å². The van der Waals surface area contributed by atoms with Crippen molar-refractivity contribution in [1.82, 2.24) is 0 Å². The van der Waals surface area contributed by atoms with E-state index in [4.69, 9.17) is 40.4 Å². The summed E-state index contributed by atoms with van der Waals surface area (Å²) in [4.78, 5) is 0. The van der Waals surface area contributed by atoms with E-state index in [1.165, 1.54) is 32.7 Å². The van der Waals surface area contributed by atoms with Gasteiger partial charge < -0.3 is 0 Å². The number of halogens is 4. The minimum Gasteiger partial charge on any atom is -0.214 e. The molecule has 0 N–H and O–H groups in total. The summed E-state index contributed by atoms with van der Waals surface area (Å²) in [6.07, 6.45) is 0. The second-order valence-electron chi connectivity index (χ2n) is 12.9. The van der Waals surface area contributed by atoms with E-state index >= 15 is 0 Å². The molecule has 0 saturated heterocycles. The van der Waals surface area contributed by atoms with Gasteiger partial charge in [-0.3, -0.25) is 0 Å². The average molecular weight is 827 g/mol. The van der Waals surface area contributed by atoms with Crippen molar-refractivity contribution in [2.45, 2.75) is 52.4 Å². The molecule has 0 unspecified atom stereocenters. The molecule has 0 aliphatic carbocycles. The van der Waals surface area contributed by atoms with Gasteiger partial charge >= 0.3 is 132 Å². The number of rotatable bonds is 2. The topological polar surface area (TPSA) is 0 Å². The molecule has 0 atom stereocenters. The van der Waals surface area contributed by atoms with Gasteiger partial charge in [0.1, 0.15) is 0 Å². The van der Waals surface area contributed by atoms with E-state index in [0.717, 1.165) is 14.4 Å². The van der Waals surface area contributed by atoms with Gasteiger partial charge in [0.25, 0.3) is 0 Å². The van der Waals surface area contributed by atoms with Crippen LogP contribution in [0, 0.1) is 0 Å². The molecule has 0 amide bonds. The summed E-state index contributed by atoms with van der Waals surface area (Å²) in [5.41, 5.74) is 5.18. The van der Waals surface area contributed by atoms with Crippen LogP contribution in [0.4, 0.5) is 0 Å². The largest absolute Gasteiger partial charge is 0.214 e. The van der Waals surface area contributed by atoms with Crippen LogP contribution in [0.2, 0.25) is 10.0 Å². The van der Waals surface area contributed by atoms with E-state index < -0.39 is 18.6 Å². The Bertz CT molecular complexity index is 1730. The van der Waals surface area contributed by atoms with E-state index in [9.17, 15) is 0 Å². The van der Waals surface area contributed by atoms with Crippen LogP contribution in [-0.2, 0) is 29.4 Å². The molecule has 0 nitrogen and oxygen atoms in total. The minimum absolute atomic E-state index is 0.203. The Morgan fingerprint density at radius 2 is 1.00 bits per heavy atom. The van der Waals surface area contributed by atoms with Crippen LogP contribution in [0.3, 0.4) is 0 Å². The molecule has 0 fully saturated rings. The van der Waals surface area contributed by atoms with Gasteiger partial charge in [-0.2, -0.15) is 18.2 Å². The Hall–Kier alpha value is -2.00. The number of benzene rings is 4. The van der Waals surface area contributed by atoms with Gasteiger partial charge in [-0.25, -0.2) is 12.1 Å². The van der Waals surface area contributed by atoms with Crippen LogP contribution >= 0.6 is 40.4 Å².